The molecule has 35 heavy (non-hydrogen) atoms. The number of amides is 1. The van der Waals surface area contributed by atoms with E-state index in [-0.39, 0.29) is 18.4 Å². The highest BCUT2D eigenvalue weighted by molar-refractivity contribution is 7.89. The number of nitrogens with zero attached hydrogens (tertiary/aromatic N) is 4. The summed E-state index contributed by atoms with van der Waals surface area (Å²) in [5, 5.41) is 0.922. The Morgan fingerprint density at radius 2 is 1.74 bits per heavy atom. The average Bonchev–Trinajstić information content (AvgIpc) is 3.32. The minimum Gasteiger partial charge on any atom is -0.348 e. The molecular formula is C27H34N4O3S. The first-order chi connectivity index (χ1) is 17.0. The van der Waals surface area contributed by atoms with Crippen LogP contribution in [0.1, 0.15) is 25.3 Å². The third-order valence-electron chi connectivity index (χ3n) is 7.39. The summed E-state index contributed by atoms with van der Waals surface area (Å²) in [5.41, 5.74) is 2.31. The summed E-state index contributed by atoms with van der Waals surface area (Å²) >= 11 is 0. The molecule has 0 aliphatic carbocycles. The third kappa shape index (κ3) is 5.01. The smallest absolute Gasteiger partial charge is 0.243 e. The molecular weight excluding hydrogens is 460 g/mol. The van der Waals surface area contributed by atoms with Crippen molar-refractivity contribution < 1.29 is 13.2 Å². The molecule has 0 unspecified atom stereocenters. The lowest BCUT2D eigenvalue weighted by molar-refractivity contribution is -0.138. The summed E-state index contributed by atoms with van der Waals surface area (Å²) < 4.78 is 30.5. The monoisotopic (exact) mass is 494 g/mol. The van der Waals surface area contributed by atoms with Crippen LogP contribution >= 0.6 is 0 Å². The van der Waals surface area contributed by atoms with Gasteiger partial charge in [0.15, 0.2) is 0 Å². The van der Waals surface area contributed by atoms with Crippen LogP contribution in [0.15, 0.2) is 65.7 Å². The topological polar surface area (TPSA) is 65.9 Å². The van der Waals surface area contributed by atoms with Crippen molar-refractivity contribution in [3.05, 3.63) is 66.4 Å². The van der Waals surface area contributed by atoms with Gasteiger partial charge in [0.05, 0.1) is 10.8 Å². The number of carbonyl (C=O) groups is 1. The first-order valence-corrected chi connectivity index (χ1v) is 14.0. The number of hydrogen-bond acceptors (Lipinski definition) is 4. The molecule has 5 rings (SSSR count). The number of rotatable bonds is 6. The molecule has 2 aliphatic rings. The van der Waals surface area contributed by atoms with E-state index in [9.17, 15) is 13.2 Å². The molecule has 0 spiro atoms. The third-order valence-corrected chi connectivity index (χ3v) is 9.25. The summed E-state index contributed by atoms with van der Waals surface area (Å²) in [6.45, 7) is 7.60. The molecule has 0 radical (unpaired) electrons. The Labute approximate surface area is 208 Å². The Hall–Kier alpha value is -2.68. The second-order valence-electron chi connectivity index (χ2n) is 9.61. The molecule has 0 bridgehead atoms. The van der Waals surface area contributed by atoms with E-state index in [2.05, 4.69) is 40.7 Å². The molecule has 2 saturated heterocycles. The van der Waals surface area contributed by atoms with Gasteiger partial charge >= 0.3 is 0 Å². The van der Waals surface area contributed by atoms with Crippen LogP contribution in [-0.2, 0) is 27.9 Å². The first-order valence-electron chi connectivity index (χ1n) is 12.6. The maximum absolute atomic E-state index is 13.5. The van der Waals surface area contributed by atoms with E-state index in [1.165, 1.54) is 9.87 Å². The molecule has 1 atom stereocenters. The Morgan fingerprint density at radius 1 is 0.971 bits per heavy atom. The van der Waals surface area contributed by atoms with Gasteiger partial charge in [-0.25, -0.2) is 8.42 Å². The largest absolute Gasteiger partial charge is 0.348 e. The molecule has 8 heteroatoms. The zero-order valence-electron chi connectivity index (χ0n) is 20.3. The van der Waals surface area contributed by atoms with Crippen molar-refractivity contribution in [2.24, 2.45) is 5.92 Å². The van der Waals surface area contributed by atoms with Gasteiger partial charge in [0, 0.05) is 69.5 Å². The van der Waals surface area contributed by atoms with E-state index in [4.69, 9.17) is 0 Å². The minimum absolute atomic E-state index is 0.0970. The molecule has 186 valence electrons. The number of benzene rings is 2. The lowest BCUT2D eigenvalue weighted by atomic mass is 9.97. The molecule has 7 nitrogen and oxygen atoms in total. The van der Waals surface area contributed by atoms with Gasteiger partial charge in [0.25, 0.3) is 0 Å². The molecule has 1 aromatic heterocycles. The predicted molar refractivity (Wildman–Crippen MR) is 137 cm³/mol. The fourth-order valence-electron chi connectivity index (χ4n) is 5.35. The number of sulfonamides is 1. The van der Waals surface area contributed by atoms with Crippen molar-refractivity contribution in [1.82, 2.24) is 18.7 Å². The van der Waals surface area contributed by atoms with Crippen LogP contribution in [0.5, 0.6) is 0 Å². The van der Waals surface area contributed by atoms with Crippen molar-refractivity contribution >= 4 is 26.8 Å². The van der Waals surface area contributed by atoms with Gasteiger partial charge in [-0.2, -0.15) is 4.31 Å². The van der Waals surface area contributed by atoms with E-state index >= 15 is 0 Å². The van der Waals surface area contributed by atoms with Gasteiger partial charge < -0.3 is 9.47 Å². The Bertz CT molecular complexity index is 1280. The van der Waals surface area contributed by atoms with Crippen LogP contribution in [0.25, 0.3) is 10.9 Å². The van der Waals surface area contributed by atoms with Gasteiger partial charge in [-0.1, -0.05) is 30.3 Å². The standard InChI is InChI=1S/C27H34N4O3S/c1-2-29-14-12-23-19-25(10-11-26(23)29)35(33,34)31-13-6-9-24(21-31)27(32)30-17-15-28(16-18-30)20-22-7-4-3-5-8-22/h3-5,7-8,10-12,14,19,24H,2,6,9,13,15-18,20-21H2,1H3/t24-/m0/s1. The summed E-state index contributed by atoms with van der Waals surface area (Å²) in [6, 6.07) is 17.7. The second-order valence-corrected chi connectivity index (χ2v) is 11.5. The summed E-state index contributed by atoms with van der Waals surface area (Å²) in [7, 11) is -3.65. The number of hydrogen-bond donors (Lipinski definition) is 0. The fraction of sp³-hybridized carbons (Fsp3) is 0.444. The van der Waals surface area contributed by atoms with Gasteiger partial charge in [0.1, 0.15) is 0 Å². The molecule has 0 saturated carbocycles. The van der Waals surface area contributed by atoms with Crippen LogP contribution in [-0.4, -0.2) is 72.3 Å². The number of aryl methyl sites for hydroxylation is 1. The number of piperidine rings is 1. The van der Waals surface area contributed by atoms with Crippen molar-refractivity contribution in [3.8, 4) is 0 Å². The molecule has 2 aromatic carbocycles. The lowest BCUT2D eigenvalue weighted by Gasteiger charge is -2.38. The van der Waals surface area contributed by atoms with Crippen LogP contribution in [0.4, 0.5) is 0 Å². The highest BCUT2D eigenvalue weighted by Gasteiger charge is 2.36. The first kappa shape index (κ1) is 24.0. The minimum atomic E-state index is -3.65. The molecule has 3 aromatic rings. The van der Waals surface area contributed by atoms with E-state index in [0.717, 1.165) is 43.5 Å². The Balaban J connectivity index is 1.22. The number of fused-ring (bicyclic) bond motifs is 1. The Morgan fingerprint density at radius 3 is 2.49 bits per heavy atom. The van der Waals surface area contributed by atoms with Gasteiger partial charge in [0.2, 0.25) is 15.9 Å². The van der Waals surface area contributed by atoms with E-state index in [0.29, 0.717) is 31.0 Å². The molecule has 0 N–H and O–H groups in total. The molecule has 3 heterocycles. The van der Waals surface area contributed by atoms with Crippen LogP contribution in [0.3, 0.4) is 0 Å². The van der Waals surface area contributed by atoms with E-state index in [1.54, 1.807) is 12.1 Å². The summed E-state index contributed by atoms with van der Waals surface area (Å²) in [6.07, 6.45) is 3.43. The number of aromatic nitrogens is 1. The normalized spacial score (nSPS) is 20.4. The van der Waals surface area contributed by atoms with Crippen molar-refractivity contribution in [1.29, 1.82) is 0 Å². The van der Waals surface area contributed by atoms with Crippen molar-refractivity contribution in [3.63, 3.8) is 0 Å². The zero-order valence-corrected chi connectivity index (χ0v) is 21.2. The molecule has 2 aliphatic heterocycles. The van der Waals surface area contributed by atoms with Crippen molar-refractivity contribution in [2.75, 3.05) is 39.3 Å². The van der Waals surface area contributed by atoms with Crippen LogP contribution in [0, 0.1) is 5.92 Å². The van der Waals surface area contributed by atoms with Gasteiger partial charge in [-0.3, -0.25) is 9.69 Å². The fourth-order valence-corrected chi connectivity index (χ4v) is 6.91. The summed E-state index contributed by atoms with van der Waals surface area (Å²) in [5.74, 6) is -0.177. The lowest BCUT2D eigenvalue weighted by Crippen LogP contribution is -2.52. The molecule has 2 fully saturated rings. The average molecular weight is 495 g/mol. The van der Waals surface area contributed by atoms with Crippen LogP contribution < -0.4 is 0 Å². The highest BCUT2D eigenvalue weighted by atomic mass is 32.2. The quantitative estimate of drug-likeness (QED) is 0.527. The molecule has 1 amide bonds. The predicted octanol–water partition coefficient (Wildman–Crippen LogP) is 3.41. The van der Waals surface area contributed by atoms with Gasteiger partial charge in [-0.05, 0) is 49.6 Å². The number of carbonyl (C=O) groups excluding carboxylic acids is 1. The van der Waals surface area contributed by atoms with Gasteiger partial charge in [-0.15, -0.1) is 0 Å². The number of piperazine rings is 1. The van der Waals surface area contributed by atoms with E-state index in [1.807, 2.05) is 29.3 Å². The Kier molecular flexibility index (Phi) is 6.95. The van der Waals surface area contributed by atoms with Crippen molar-refractivity contribution in [2.45, 2.75) is 37.8 Å². The zero-order chi connectivity index (χ0) is 24.4. The highest BCUT2D eigenvalue weighted by Crippen LogP contribution is 2.28. The van der Waals surface area contributed by atoms with E-state index < -0.39 is 10.0 Å². The SMILES string of the molecule is CCn1ccc2cc(S(=O)(=O)N3CCC[C@H](C(=O)N4CCN(Cc5ccccc5)CC4)C3)ccc21. The van der Waals surface area contributed by atoms with Crippen LogP contribution in [0.2, 0.25) is 0 Å². The summed E-state index contributed by atoms with van der Waals surface area (Å²) in [4.78, 5) is 17.9. The second kappa shape index (κ2) is 10.1. The maximum Gasteiger partial charge on any atom is 0.243 e. The maximum atomic E-state index is 13.5.